The fourth-order valence-electron chi connectivity index (χ4n) is 5.51. The molecule has 3 nitrogen and oxygen atoms in total. The van der Waals surface area contributed by atoms with Gasteiger partial charge >= 0.3 is 5.97 Å². The van der Waals surface area contributed by atoms with Gasteiger partial charge in [-0.05, 0) is 129 Å². The van der Waals surface area contributed by atoms with E-state index in [9.17, 15) is 4.79 Å². The first kappa shape index (κ1) is 40.6. The molecule has 42 heavy (non-hydrogen) atoms. The Labute approximate surface area is 264 Å². The molecule has 0 aliphatic carbocycles. The van der Waals surface area contributed by atoms with Crippen molar-refractivity contribution in [2.75, 3.05) is 20.6 Å². The Kier molecular flexibility index (Phi) is 31.5. The van der Waals surface area contributed by atoms with Gasteiger partial charge in [0.1, 0.15) is 6.10 Å². The van der Waals surface area contributed by atoms with E-state index >= 15 is 0 Å². The summed E-state index contributed by atoms with van der Waals surface area (Å²) >= 11 is 0. The predicted octanol–water partition coefficient (Wildman–Crippen LogP) is 12.2. The average molecular weight is 588 g/mol. The monoisotopic (exact) mass is 588 g/mol. The predicted molar refractivity (Wildman–Crippen MR) is 187 cm³/mol. The van der Waals surface area contributed by atoms with Gasteiger partial charge in [0.25, 0.3) is 0 Å². The molecule has 0 aliphatic rings. The third kappa shape index (κ3) is 28.8. The van der Waals surface area contributed by atoms with E-state index in [1.54, 1.807) is 0 Å². The molecule has 0 saturated carbocycles. The summed E-state index contributed by atoms with van der Waals surface area (Å²) in [4.78, 5) is 15.2. The molecule has 0 aromatic carbocycles. The third-order valence-corrected chi connectivity index (χ3v) is 8.23. The van der Waals surface area contributed by atoms with Crippen LogP contribution in [0, 0.1) is 5.92 Å². The number of hydrogen-bond acceptors (Lipinski definition) is 3. The van der Waals surface area contributed by atoms with E-state index in [4.69, 9.17) is 4.74 Å². The average Bonchev–Trinajstić information content (AvgIpc) is 2.97. The number of allylic oxidation sites excluding steroid dienone is 6. The number of esters is 1. The van der Waals surface area contributed by atoms with Gasteiger partial charge in [0.15, 0.2) is 0 Å². The highest BCUT2D eigenvalue weighted by atomic mass is 16.5. The van der Waals surface area contributed by atoms with Gasteiger partial charge in [-0.3, -0.25) is 4.79 Å². The summed E-state index contributed by atoms with van der Waals surface area (Å²) in [6.07, 6.45) is 42.2. The lowest BCUT2D eigenvalue weighted by Crippen LogP contribution is -2.27. The number of hydrogen-bond donors (Lipinski definition) is 0. The summed E-state index contributed by atoms with van der Waals surface area (Å²) < 4.78 is 6.31. The zero-order chi connectivity index (χ0) is 30.9. The fourth-order valence-corrected chi connectivity index (χ4v) is 5.51. The van der Waals surface area contributed by atoms with Gasteiger partial charge in [-0.25, -0.2) is 0 Å². The standard InChI is InChI=1S/C39H73NO2/c1-6-9-12-15-18-21-23-27-32-37(33-28-24-22-19-16-13-10-7-2)38(34-29-25-20-17-14-11-8-3)42-39(41)35-30-26-31-36-40(4)5/h18-22,25,37-38H,6-17,23-24,26-36H2,1-5H3. The van der Waals surface area contributed by atoms with Gasteiger partial charge in [-0.1, -0.05) is 102 Å². The largest absolute Gasteiger partial charge is 0.462 e. The second-order valence-corrected chi connectivity index (χ2v) is 12.7. The molecule has 0 radical (unpaired) electrons. The first-order valence-corrected chi connectivity index (χ1v) is 18.3. The maximum Gasteiger partial charge on any atom is 0.306 e. The highest BCUT2D eigenvalue weighted by Gasteiger charge is 2.24. The summed E-state index contributed by atoms with van der Waals surface area (Å²) in [6.45, 7) is 7.88. The van der Waals surface area contributed by atoms with E-state index in [0.717, 1.165) is 64.3 Å². The number of unbranched alkanes of at least 4 members (excludes halogenated alkanes) is 13. The van der Waals surface area contributed by atoms with Crippen LogP contribution in [-0.2, 0) is 9.53 Å². The van der Waals surface area contributed by atoms with Crippen LogP contribution in [0.4, 0.5) is 0 Å². The van der Waals surface area contributed by atoms with Crippen LogP contribution in [0.15, 0.2) is 36.5 Å². The smallest absolute Gasteiger partial charge is 0.306 e. The van der Waals surface area contributed by atoms with E-state index in [2.05, 4.69) is 76.2 Å². The van der Waals surface area contributed by atoms with Crippen LogP contribution in [0.2, 0.25) is 0 Å². The first-order valence-electron chi connectivity index (χ1n) is 18.3. The van der Waals surface area contributed by atoms with E-state index in [1.165, 1.54) is 89.9 Å². The maximum atomic E-state index is 13.0. The molecule has 1 unspecified atom stereocenters. The molecule has 0 bridgehead atoms. The maximum absolute atomic E-state index is 13.0. The zero-order valence-corrected chi connectivity index (χ0v) is 29.1. The third-order valence-electron chi connectivity index (χ3n) is 8.23. The molecule has 0 aromatic rings. The van der Waals surface area contributed by atoms with Crippen molar-refractivity contribution in [3.8, 4) is 0 Å². The van der Waals surface area contributed by atoms with E-state index in [-0.39, 0.29) is 12.1 Å². The number of rotatable bonds is 31. The molecule has 0 aromatic heterocycles. The number of carbonyl (C=O) groups is 1. The minimum absolute atomic E-state index is 0.0217. The van der Waals surface area contributed by atoms with Crippen LogP contribution < -0.4 is 0 Å². The van der Waals surface area contributed by atoms with Crippen molar-refractivity contribution in [3.05, 3.63) is 36.5 Å². The van der Waals surface area contributed by atoms with Gasteiger partial charge in [0.05, 0.1) is 0 Å². The molecule has 246 valence electrons. The second kappa shape index (κ2) is 32.6. The number of ether oxygens (including phenoxy) is 1. The first-order chi connectivity index (χ1) is 20.5. The van der Waals surface area contributed by atoms with Crippen molar-refractivity contribution in [1.29, 1.82) is 0 Å². The molecular weight excluding hydrogens is 514 g/mol. The van der Waals surface area contributed by atoms with Crippen LogP contribution in [0.25, 0.3) is 0 Å². The molecule has 0 heterocycles. The fraction of sp³-hybridized carbons (Fsp3) is 0.821. The Morgan fingerprint density at radius 3 is 1.45 bits per heavy atom. The summed E-state index contributed by atoms with van der Waals surface area (Å²) in [5, 5.41) is 0. The quantitative estimate of drug-likeness (QED) is 0.0459. The molecule has 3 heteroatoms. The summed E-state index contributed by atoms with van der Waals surface area (Å²) in [5.74, 6) is 0.478. The molecule has 0 amide bonds. The van der Waals surface area contributed by atoms with Crippen LogP contribution >= 0.6 is 0 Å². The Hall–Kier alpha value is -1.35. The van der Waals surface area contributed by atoms with Gasteiger partial charge in [0.2, 0.25) is 0 Å². The molecule has 1 atom stereocenters. The Morgan fingerprint density at radius 2 is 1.00 bits per heavy atom. The highest BCUT2D eigenvalue weighted by Crippen LogP contribution is 2.27. The molecule has 0 N–H and O–H groups in total. The van der Waals surface area contributed by atoms with Crippen molar-refractivity contribution in [2.45, 2.75) is 181 Å². The SMILES string of the molecule is CCCCCC=CCCCC(CCCC=CCCCCC)C(CCC=CCCCCC)OC(=O)CCCCCN(C)C. The Bertz CT molecular complexity index is 625. The normalized spacial score (nSPS) is 13.7. The van der Waals surface area contributed by atoms with Crippen LogP contribution in [0.5, 0.6) is 0 Å². The molecule has 0 fully saturated rings. The van der Waals surface area contributed by atoms with Crippen LogP contribution in [0.1, 0.15) is 175 Å². The van der Waals surface area contributed by atoms with Gasteiger partial charge in [-0.2, -0.15) is 0 Å². The Balaban J connectivity index is 5.14. The van der Waals surface area contributed by atoms with Gasteiger partial charge in [0, 0.05) is 6.42 Å². The second-order valence-electron chi connectivity index (χ2n) is 12.7. The van der Waals surface area contributed by atoms with E-state index < -0.39 is 0 Å². The lowest BCUT2D eigenvalue weighted by Gasteiger charge is -2.27. The van der Waals surface area contributed by atoms with E-state index in [1.807, 2.05) is 0 Å². The van der Waals surface area contributed by atoms with Crippen LogP contribution in [0.3, 0.4) is 0 Å². The van der Waals surface area contributed by atoms with Gasteiger partial charge in [-0.15, -0.1) is 0 Å². The van der Waals surface area contributed by atoms with Crippen molar-refractivity contribution in [2.24, 2.45) is 5.92 Å². The van der Waals surface area contributed by atoms with Crippen molar-refractivity contribution < 1.29 is 9.53 Å². The lowest BCUT2D eigenvalue weighted by molar-refractivity contribution is -0.152. The summed E-state index contributed by atoms with van der Waals surface area (Å²) in [6, 6.07) is 0. The van der Waals surface area contributed by atoms with Gasteiger partial charge < -0.3 is 9.64 Å². The molecule has 0 saturated heterocycles. The molecular formula is C39H73NO2. The number of nitrogens with zero attached hydrogens (tertiary/aromatic N) is 1. The molecule has 0 rings (SSSR count). The lowest BCUT2D eigenvalue weighted by atomic mass is 9.88. The number of carbonyl (C=O) groups excluding carboxylic acids is 1. The van der Waals surface area contributed by atoms with Crippen molar-refractivity contribution >= 4 is 5.97 Å². The molecule has 0 spiro atoms. The zero-order valence-electron chi connectivity index (χ0n) is 29.1. The van der Waals surface area contributed by atoms with Crippen LogP contribution in [-0.4, -0.2) is 37.6 Å². The molecule has 0 aliphatic heterocycles. The van der Waals surface area contributed by atoms with E-state index in [0.29, 0.717) is 12.3 Å². The minimum atomic E-state index is 0.0217. The van der Waals surface area contributed by atoms with Crippen molar-refractivity contribution in [3.63, 3.8) is 0 Å². The Morgan fingerprint density at radius 1 is 0.548 bits per heavy atom. The summed E-state index contributed by atoms with van der Waals surface area (Å²) in [5.41, 5.74) is 0. The minimum Gasteiger partial charge on any atom is -0.462 e. The topological polar surface area (TPSA) is 29.5 Å². The summed E-state index contributed by atoms with van der Waals surface area (Å²) in [7, 11) is 4.23. The van der Waals surface area contributed by atoms with Crippen molar-refractivity contribution in [1.82, 2.24) is 4.90 Å². The highest BCUT2D eigenvalue weighted by molar-refractivity contribution is 5.69.